The first-order chi connectivity index (χ1) is 7.92. The summed E-state index contributed by atoms with van der Waals surface area (Å²) in [4.78, 5) is 4.59. The summed E-state index contributed by atoms with van der Waals surface area (Å²) in [6, 6.07) is 0.997. The van der Waals surface area contributed by atoms with Crippen LogP contribution in [-0.4, -0.2) is 24.1 Å². The van der Waals surface area contributed by atoms with E-state index in [0.717, 1.165) is 31.1 Å². The number of aromatic nitrogens is 1. The van der Waals surface area contributed by atoms with Gasteiger partial charge in [0.2, 0.25) is 0 Å². The minimum absolute atomic E-state index is 0.425. The number of nitrogens with one attached hydrogen (secondary N) is 2. The van der Waals surface area contributed by atoms with Gasteiger partial charge in [0.05, 0.1) is 11.7 Å². The molecular weight excluding hydrogens is 202 g/mol. The van der Waals surface area contributed by atoms with Gasteiger partial charge >= 0.3 is 0 Å². The van der Waals surface area contributed by atoms with Gasteiger partial charge in [-0.3, -0.25) is 0 Å². The largest absolute Gasteiger partial charge is 0.449 e. The monoisotopic (exact) mass is 221 g/mol. The Hall–Kier alpha value is -0.870. The quantitative estimate of drug-likeness (QED) is 0.810. The molecule has 16 heavy (non-hydrogen) atoms. The van der Waals surface area contributed by atoms with Crippen molar-refractivity contribution in [2.75, 3.05) is 13.1 Å². The summed E-state index contributed by atoms with van der Waals surface area (Å²) >= 11 is 0. The Labute approximate surface area is 95.8 Å². The van der Waals surface area contributed by atoms with Gasteiger partial charge in [-0.2, -0.15) is 0 Å². The smallest absolute Gasteiger partial charge is 0.195 e. The van der Waals surface area contributed by atoms with Crippen LogP contribution in [-0.2, 0) is 6.42 Å². The van der Waals surface area contributed by atoms with Crippen molar-refractivity contribution < 1.29 is 4.42 Å². The highest BCUT2D eigenvalue weighted by Gasteiger charge is 2.21. The average Bonchev–Trinajstić information content (AvgIpc) is 2.99. The molecule has 3 heterocycles. The first kappa shape index (κ1) is 10.3. The van der Waals surface area contributed by atoms with Gasteiger partial charge in [0.1, 0.15) is 6.26 Å². The molecule has 0 radical (unpaired) electrons. The second-order valence-electron chi connectivity index (χ2n) is 4.81. The maximum atomic E-state index is 5.55. The zero-order valence-electron chi connectivity index (χ0n) is 9.54. The molecule has 4 nitrogen and oxygen atoms in total. The van der Waals surface area contributed by atoms with Crippen molar-refractivity contribution >= 4 is 0 Å². The SMILES string of the molecule is c1oc(CC2CCCN2)nc1C1CCCN1. The molecule has 4 heteroatoms. The predicted octanol–water partition coefficient (Wildman–Crippen LogP) is 1.39. The van der Waals surface area contributed by atoms with Crippen molar-refractivity contribution in [3.63, 3.8) is 0 Å². The lowest BCUT2D eigenvalue weighted by Gasteiger charge is -2.06. The molecule has 0 saturated carbocycles. The number of rotatable bonds is 3. The number of nitrogens with zero attached hydrogens (tertiary/aromatic N) is 1. The minimum atomic E-state index is 0.425. The Morgan fingerprint density at radius 3 is 2.88 bits per heavy atom. The van der Waals surface area contributed by atoms with E-state index >= 15 is 0 Å². The molecule has 0 aromatic carbocycles. The summed E-state index contributed by atoms with van der Waals surface area (Å²) in [6.07, 6.45) is 7.73. The van der Waals surface area contributed by atoms with E-state index in [4.69, 9.17) is 4.42 Å². The van der Waals surface area contributed by atoms with Gasteiger partial charge in [-0.1, -0.05) is 0 Å². The summed E-state index contributed by atoms with van der Waals surface area (Å²) in [5.74, 6) is 0.892. The summed E-state index contributed by atoms with van der Waals surface area (Å²) in [5.41, 5.74) is 1.09. The summed E-state index contributed by atoms with van der Waals surface area (Å²) < 4.78 is 5.55. The lowest BCUT2D eigenvalue weighted by Crippen LogP contribution is -2.23. The molecule has 2 atom stereocenters. The van der Waals surface area contributed by atoms with Crippen LogP contribution in [0.3, 0.4) is 0 Å². The fraction of sp³-hybridized carbons (Fsp3) is 0.750. The van der Waals surface area contributed by atoms with E-state index in [2.05, 4.69) is 15.6 Å². The van der Waals surface area contributed by atoms with Crippen molar-refractivity contribution in [2.45, 2.75) is 44.2 Å². The third-order valence-electron chi connectivity index (χ3n) is 3.57. The third kappa shape index (κ3) is 2.13. The zero-order valence-corrected chi connectivity index (χ0v) is 9.54. The van der Waals surface area contributed by atoms with Crippen LogP contribution in [0.5, 0.6) is 0 Å². The third-order valence-corrected chi connectivity index (χ3v) is 3.57. The molecule has 3 rings (SSSR count). The normalized spacial score (nSPS) is 30.0. The first-order valence-corrected chi connectivity index (χ1v) is 6.33. The van der Waals surface area contributed by atoms with E-state index in [1.165, 1.54) is 25.7 Å². The molecule has 1 aromatic rings. The molecule has 0 spiro atoms. The summed E-state index contributed by atoms with van der Waals surface area (Å²) in [6.45, 7) is 2.25. The van der Waals surface area contributed by atoms with Crippen LogP contribution < -0.4 is 10.6 Å². The Balaban J connectivity index is 1.62. The van der Waals surface area contributed by atoms with Crippen LogP contribution in [0.2, 0.25) is 0 Å². The lowest BCUT2D eigenvalue weighted by atomic mass is 10.1. The lowest BCUT2D eigenvalue weighted by molar-refractivity contribution is 0.455. The molecule has 0 amide bonds. The van der Waals surface area contributed by atoms with Crippen molar-refractivity contribution in [3.05, 3.63) is 17.8 Å². The topological polar surface area (TPSA) is 50.1 Å². The summed E-state index contributed by atoms with van der Waals surface area (Å²) in [5, 5.41) is 6.91. The van der Waals surface area contributed by atoms with Crippen LogP contribution in [0.25, 0.3) is 0 Å². The zero-order chi connectivity index (χ0) is 10.8. The molecular formula is C12H19N3O. The standard InChI is InChI=1S/C12H19N3O/c1-3-9(13-5-1)7-12-15-11(8-16-12)10-4-2-6-14-10/h8-10,13-14H,1-7H2. The van der Waals surface area contributed by atoms with Crippen molar-refractivity contribution in [3.8, 4) is 0 Å². The summed E-state index contributed by atoms with van der Waals surface area (Å²) in [7, 11) is 0. The van der Waals surface area contributed by atoms with E-state index in [-0.39, 0.29) is 0 Å². The average molecular weight is 221 g/mol. The molecule has 2 aliphatic heterocycles. The van der Waals surface area contributed by atoms with E-state index in [1.807, 2.05) is 6.26 Å². The van der Waals surface area contributed by atoms with Gasteiger partial charge in [0.15, 0.2) is 5.89 Å². The molecule has 2 fully saturated rings. The van der Waals surface area contributed by atoms with Crippen LogP contribution in [0, 0.1) is 0 Å². The van der Waals surface area contributed by atoms with E-state index in [1.54, 1.807) is 0 Å². The highest BCUT2D eigenvalue weighted by atomic mass is 16.3. The molecule has 0 bridgehead atoms. The van der Waals surface area contributed by atoms with Gasteiger partial charge in [0.25, 0.3) is 0 Å². The highest BCUT2D eigenvalue weighted by Crippen LogP contribution is 2.22. The van der Waals surface area contributed by atoms with Crippen molar-refractivity contribution in [1.82, 2.24) is 15.6 Å². The molecule has 88 valence electrons. The first-order valence-electron chi connectivity index (χ1n) is 6.33. The second-order valence-corrected chi connectivity index (χ2v) is 4.81. The van der Waals surface area contributed by atoms with Gasteiger partial charge < -0.3 is 15.1 Å². The Kier molecular flexibility index (Phi) is 2.93. The van der Waals surface area contributed by atoms with E-state index < -0.39 is 0 Å². The number of hydrogen-bond donors (Lipinski definition) is 2. The maximum Gasteiger partial charge on any atom is 0.195 e. The number of hydrogen-bond acceptors (Lipinski definition) is 4. The van der Waals surface area contributed by atoms with Crippen LogP contribution in [0.4, 0.5) is 0 Å². The molecule has 2 saturated heterocycles. The molecule has 2 unspecified atom stereocenters. The fourth-order valence-corrected chi connectivity index (χ4v) is 2.66. The van der Waals surface area contributed by atoms with Crippen LogP contribution >= 0.6 is 0 Å². The fourth-order valence-electron chi connectivity index (χ4n) is 2.66. The molecule has 2 aliphatic rings. The van der Waals surface area contributed by atoms with Gasteiger partial charge in [-0.25, -0.2) is 4.98 Å². The maximum absolute atomic E-state index is 5.55. The second kappa shape index (κ2) is 4.55. The van der Waals surface area contributed by atoms with Crippen molar-refractivity contribution in [2.24, 2.45) is 0 Å². The highest BCUT2D eigenvalue weighted by molar-refractivity contribution is 5.06. The Morgan fingerprint density at radius 2 is 2.12 bits per heavy atom. The van der Waals surface area contributed by atoms with Crippen LogP contribution in [0.15, 0.2) is 10.7 Å². The van der Waals surface area contributed by atoms with E-state index in [0.29, 0.717) is 12.1 Å². The number of oxazole rings is 1. The van der Waals surface area contributed by atoms with Crippen LogP contribution in [0.1, 0.15) is 43.3 Å². The van der Waals surface area contributed by atoms with Gasteiger partial charge in [0, 0.05) is 12.5 Å². The minimum Gasteiger partial charge on any atom is -0.449 e. The Bertz CT molecular complexity index is 338. The Morgan fingerprint density at radius 1 is 1.25 bits per heavy atom. The molecule has 2 N–H and O–H groups in total. The van der Waals surface area contributed by atoms with E-state index in [9.17, 15) is 0 Å². The predicted molar refractivity (Wildman–Crippen MR) is 61.2 cm³/mol. The molecule has 0 aliphatic carbocycles. The van der Waals surface area contributed by atoms with Gasteiger partial charge in [-0.15, -0.1) is 0 Å². The van der Waals surface area contributed by atoms with Crippen molar-refractivity contribution in [1.29, 1.82) is 0 Å². The molecule has 1 aromatic heterocycles. The van der Waals surface area contributed by atoms with Gasteiger partial charge in [-0.05, 0) is 38.8 Å².